The smallest absolute Gasteiger partial charge is 0.323 e. The maximum Gasteiger partial charge on any atom is 0.323 e. The van der Waals surface area contributed by atoms with Crippen LogP contribution in [0.4, 0.5) is 0 Å². The Labute approximate surface area is 184 Å². The maximum absolute atomic E-state index is 12.4. The van der Waals surface area contributed by atoms with Crippen LogP contribution in [0.3, 0.4) is 0 Å². The number of benzene rings is 2. The van der Waals surface area contributed by atoms with Gasteiger partial charge in [-0.25, -0.2) is 8.42 Å². The van der Waals surface area contributed by atoms with Crippen LogP contribution in [0.2, 0.25) is 0 Å². The standard InChI is InChI=1S/C20H23N5O6S/c1-13-3-2-4-16(9-13)32(29,30)25-17(20(27)28)11-23-18(26)12-31-24-10-14-5-7-15(8-6-14)19(21)22/h2-10,17,25H,11-12H2,1H3,(H3,21,22)(H,23,26)(H,27,28)/t17-/m0/s1. The van der Waals surface area contributed by atoms with Gasteiger partial charge in [0.1, 0.15) is 11.9 Å². The maximum atomic E-state index is 12.4. The second kappa shape index (κ2) is 11.0. The molecule has 0 saturated carbocycles. The van der Waals surface area contributed by atoms with E-state index < -0.39 is 41.1 Å². The Balaban J connectivity index is 1.85. The number of aliphatic carboxylic acids is 1. The minimum atomic E-state index is -4.09. The molecule has 0 fully saturated rings. The Morgan fingerprint density at radius 1 is 1.25 bits per heavy atom. The van der Waals surface area contributed by atoms with Crippen molar-refractivity contribution in [2.75, 3.05) is 13.2 Å². The number of carbonyl (C=O) groups is 2. The number of nitrogens with two attached hydrogens (primary N) is 1. The topological polar surface area (TPSA) is 184 Å². The molecule has 170 valence electrons. The fourth-order valence-electron chi connectivity index (χ4n) is 2.43. The van der Waals surface area contributed by atoms with Crippen molar-refractivity contribution < 1.29 is 28.0 Å². The van der Waals surface area contributed by atoms with Gasteiger partial charge < -0.3 is 21.0 Å². The highest BCUT2D eigenvalue weighted by atomic mass is 32.2. The van der Waals surface area contributed by atoms with E-state index in [-0.39, 0.29) is 10.7 Å². The summed E-state index contributed by atoms with van der Waals surface area (Å²) < 4.78 is 26.9. The van der Waals surface area contributed by atoms with Gasteiger partial charge in [-0.05, 0) is 30.2 Å². The molecule has 0 aromatic heterocycles. The first-order chi connectivity index (χ1) is 15.1. The number of sulfonamides is 1. The van der Waals surface area contributed by atoms with Crippen molar-refractivity contribution in [2.45, 2.75) is 17.9 Å². The van der Waals surface area contributed by atoms with E-state index >= 15 is 0 Å². The molecule has 0 radical (unpaired) electrons. The monoisotopic (exact) mass is 461 g/mol. The Morgan fingerprint density at radius 2 is 1.94 bits per heavy atom. The van der Waals surface area contributed by atoms with Crippen LogP contribution < -0.4 is 15.8 Å². The van der Waals surface area contributed by atoms with Crippen LogP contribution in [0.15, 0.2) is 58.6 Å². The molecular weight excluding hydrogens is 438 g/mol. The highest BCUT2D eigenvalue weighted by Gasteiger charge is 2.26. The van der Waals surface area contributed by atoms with E-state index in [1.165, 1.54) is 24.4 Å². The van der Waals surface area contributed by atoms with Gasteiger partial charge in [0.05, 0.1) is 11.1 Å². The molecule has 2 aromatic rings. The molecule has 2 rings (SSSR count). The molecular formula is C20H23N5O6S. The molecule has 1 atom stereocenters. The van der Waals surface area contributed by atoms with E-state index in [0.29, 0.717) is 16.7 Å². The molecule has 32 heavy (non-hydrogen) atoms. The van der Waals surface area contributed by atoms with Gasteiger partial charge >= 0.3 is 5.97 Å². The lowest BCUT2D eigenvalue weighted by Crippen LogP contribution is -2.48. The third-order valence-corrected chi connectivity index (χ3v) is 5.56. The third-order valence-electron chi connectivity index (χ3n) is 4.09. The van der Waals surface area contributed by atoms with Crippen LogP contribution in [0.1, 0.15) is 16.7 Å². The van der Waals surface area contributed by atoms with E-state index in [1.54, 1.807) is 37.3 Å². The highest BCUT2D eigenvalue weighted by molar-refractivity contribution is 7.89. The number of nitrogens with zero attached hydrogens (tertiary/aromatic N) is 1. The molecule has 2 aromatic carbocycles. The number of amidine groups is 1. The molecule has 11 nitrogen and oxygen atoms in total. The summed E-state index contributed by atoms with van der Waals surface area (Å²) in [7, 11) is -4.09. The van der Waals surface area contributed by atoms with Crippen molar-refractivity contribution in [1.82, 2.24) is 10.0 Å². The lowest BCUT2D eigenvalue weighted by atomic mass is 10.1. The van der Waals surface area contributed by atoms with Crippen LogP contribution in [-0.2, 0) is 24.4 Å². The Morgan fingerprint density at radius 3 is 2.53 bits per heavy atom. The Kier molecular flexibility index (Phi) is 8.44. The number of carboxylic acids is 1. The van der Waals surface area contributed by atoms with Crippen molar-refractivity contribution >= 4 is 33.9 Å². The second-order valence-corrected chi connectivity index (χ2v) is 8.39. The zero-order valence-electron chi connectivity index (χ0n) is 17.1. The van der Waals surface area contributed by atoms with Crippen LogP contribution in [0.5, 0.6) is 0 Å². The van der Waals surface area contributed by atoms with Crippen molar-refractivity contribution in [1.29, 1.82) is 5.41 Å². The van der Waals surface area contributed by atoms with Crippen molar-refractivity contribution in [3.05, 3.63) is 65.2 Å². The summed E-state index contributed by atoms with van der Waals surface area (Å²) >= 11 is 0. The summed E-state index contributed by atoms with van der Waals surface area (Å²) in [6.45, 7) is 0.718. The van der Waals surface area contributed by atoms with Gasteiger partial charge in [-0.15, -0.1) is 0 Å². The van der Waals surface area contributed by atoms with Gasteiger partial charge in [-0.2, -0.15) is 4.72 Å². The molecule has 0 heterocycles. The molecule has 0 aliphatic heterocycles. The minimum Gasteiger partial charge on any atom is -0.480 e. The number of aryl methyl sites for hydroxylation is 1. The number of nitrogens with one attached hydrogen (secondary N) is 3. The molecule has 0 spiro atoms. The SMILES string of the molecule is Cc1cccc(S(=O)(=O)N[C@@H](CNC(=O)CON=Cc2ccc(C(=N)N)cc2)C(=O)O)c1. The van der Waals surface area contributed by atoms with Gasteiger partial charge in [0.2, 0.25) is 10.0 Å². The van der Waals surface area contributed by atoms with Crippen molar-refractivity contribution in [3.8, 4) is 0 Å². The fraction of sp³-hybridized carbons (Fsp3) is 0.200. The van der Waals surface area contributed by atoms with E-state index in [1.807, 2.05) is 0 Å². The van der Waals surface area contributed by atoms with Crippen LogP contribution >= 0.6 is 0 Å². The van der Waals surface area contributed by atoms with E-state index in [2.05, 4.69) is 15.2 Å². The average Bonchev–Trinajstić information content (AvgIpc) is 2.74. The first kappa shape index (κ1) is 24.5. The zero-order valence-corrected chi connectivity index (χ0v) is 17.9. The number of hydrogen-bond donors (Lipinski definition) is 5. The van der Waals surface area contributed by atoms with Gasteiger partial charge in [0, 0.05) is 12.1 Å². The van der Waals surface area contributed by atoms with E-state index in [9.17, 15) is 23.1 Å². The number of nitrogen functional groups attached to an aromatic ring is 1. The molecule has 0 saturated heterocycles. The number of rotatable bonds is 11. The summed E-state index contributed by atoms with van der Waals surface area (Å²) in [6, 6.07) is 11.0. The van der Waals surface area contributed by atoms with E-state index in [0.717, 1.165) is 0 Å². The predicted octanol–water partition coefficient (Wildman–Crippen LogP) is 0.177. The predicted molar refractivity (Wildman–Crippen MR) is 117 cm³/mol. The number of amides is 1. The highest BCUT2D eigenvalue weighted by Crippen LogP contribution is 2.11. The first-order valence-corrected chi connectivity index (χ1v) is 10.7. The van der Waals surface area contributed by atoms with Gasteiger partial charge in [-0.3, -0.25) is 15.0 Å². The van der Waals surface area contributed by atoms with Gasteiger partial charge in [0.15, 0.2) is 6.61 Å². The normalized spacial score (nSPS) is 12.3. The largest absolute Gasteiger partial charge is 0.480 e. The summed E-state index contributed by atoms with van der Waals surface area (Å²) in [5.74, 6) is -2.20. The Bertz CT molecular complexity index is 1120. The molecule has 1 amide bonds. The van der Waals surface area contributed by atoms with Crippen LogP contribution in [0, 0.1) is 12.3 Å². The summed E-state index contributed by atoms with van der Waals surface area (Å²) in [5, 5.41) is 22.5. The summed E-state index contributed by atoms with van der Waals surface area (Å²) in [5.41, 5.74) is 7.25. The van der Waals surface area contributed by atoms with Gasteiger partial charge in [0.25, 0.3) is 5.91 Å². The molecule has 0 unspecified atom stereocenters. The number of oxime groups is 1. The molecule has 0 aliphatic carbocycles. The number of carboxylic acid groups (broad SMARTS) is 1. The molecule has 6 N–H and O–H groups in total. The molecule has 12 heteroatoms. The van der Waals surface area contributed by atoms with Crippen molar-refractivity contribution in [3.63, 3.8) is 0 Å². The number of carbonyl (C=O) groups excluding carboxylic acids is 1. The lowest BCUT2D eigenvalue weighted by Gasteiger charge is -2.15. The van der Waals surface area contributed by atoms with Gasteiger partial charge in [-0.1, -0.05) is 41.6 Å². The third kappa shape index (κ3) is 7.49. The lowest BCUT2D eigenvalue weighted by molar-refractivity contribution is -0.139. The Hall–Kier alpha value is -3.77. The second-order valence-electron chi connectivity index (χ2n) is 6.68. The number of hydrogen-bond acceptors (Lipinski definition) is 7. The first-order valence-electron chi connectivity index (χ1n) is 9.27. The summed E-state index contributed by atoms with van der Waals surface area (Å²) in [6.07, 6.45) is 1.34. The molecule has 0 aliphatic rings. The quantitative estimate of drug-likeness (QED) is 0.179. The fourth-order valence-corrected chi connectivity index (χ4v) is 3.72. The van der Waals surface area contributed by atoms with Crippen LogP contribution in [-0.4, -0.2) is 56.6 Å². The minimum absolute atomic E-state index is 0.0674. The van der Waals surface area contributed by atoms with Crippen LogP contribution in [0.25, 0.3) is 0 Å². The van der Waals surface area contributed by atoms with Crippen molar-refractivity contribution in [2.24, 2.45) is 10.9 Å². The molecule has 0 bridgehead atoms. The average molecular weight is 462 g/mol. The summed E-state index contributed by atoms with van der Waals surface area (Å²) in [4.78, 5) is 28.1. The van der Waals surface area contributed by atoms with E-state index in [4.69, 9.17) is 16.0 Å². The zero-order chi connectivity index (χ0) is 23.7.